The molecule has 1 aliphatic rings. The van der Waals surface area contributed by atoms with Crippen LogP contribution in [0.15, 0.2) is 0 Å². The summed E-state index contributed by atoms with van der Waals surface area (Å²) in [6, 6.07) is 0. The SMILES string of the molecule is CCC(COC)C1CCCNCC1. The van der Waals surface area contributed by atoms with E-state index in [4.69, 9.17) is 4.74 Å². The first-order valence-electron chi connectivity index (χ1n) is 5.58. The third-order valence-electron chi connectivity index (χ3n) is 3.19. The van der Waals surface area contributed by atoms with Crippen molar-refractivity contribution in [1.29, 1.82) is 0 Å². The van der Waals surface area contributed by atoms with E-state index >= 15 is 0 Å². The lowest BCUT2D eigenvalue weighted by Gasteiger charge is -2.23. The first-order chi connectivity index (χ1) is 6.38. The topological polar surface area (TPSA) is 21.3 Å². The van der Waals surface area contributed by atoms with E-state index in [2.05, 4.69) is 12.2 Å². The van der Waals surface area contributed by atoms with Crippen molar-refractivity contribution in [2.24, 2.45) is 11.8 Å². The Kier molecular flexibility index (Phi) is 5.40. The Hall–Kier alpha value is -0.0800. The van der Waals surface area contributed by atoms with Crippen LogP contribution in [-0.4, -0.2) is 26.8 Å². The molecule has 0 aliphatic carbocycles. The highest BCUT2D eigenvalue weighted by Crippen LogP contribution is 2.25. The van der Waals surface area contributed by atoms with Gasteiger partial charge in [-0.3, -0.25) is 0 Å². The van der Waals surface area contributed by atoms with Crippen LogP contribution >= 0.6 is 0 Å². The third kappa shape index (κ3) is 3.65. The quantitative estimate of drug-likeness (QED) is 0.724. The summed E-state index contributed by atoms with van der Waals surface area (Å²) in [4.78, 5) is 0. The molecule has 0 aromatic heterocycles. The minimum absolute atomic E-state index is 0.782. The van der Waals surface area contributed by atoms with E-state index in [0.717, 1.165) is 18.4 Å². The number of nitrogens with one attached hydrogen (secondary N) is 1. The molecule has 0 saturated carbocycles. The molecule has 1 aliphatic heterocycles. The van der Waals surface area contributed by atoms with Gasteiger partial charge in [-0.2, -0.15) is 0 Å². The molecule has 1 saturated heterocycles. The van der Waals surface area contributed by atoms with E-state index in [9.17, 15) is 0 Å². The Morgan fingerprint density at radius 2 is 2.23 bits per heavy atom. The number of hydrogen-bond donors (Lipinski definition) is 1. The van der Waals surface area contributed by atoms with Crippen LogP contribution < -0.4 is 5.32 Å². The second-order valence-electron chi connectivity index (χ2n) is 4.06. The van der Waals surface area contributed by atoms with E-state index in [1.54, 1.807) is 0 Å². The molecule has 13 heavy (non-hydrogen) atoms. The summed E-state index contributed by atoms with van der Waals surface area (Å²) in [7, 11) is 1.82. The molecule has 1 heterocycles. The van der Waals surface area contributed by atoms with Crippen molar-refractivity contribution in [2.75, 3.05) is 26.8 Å². The maximum atomic E-state index is 5.27. The summed E-state index contributed by atoms with van der Waals surface area (Å²) in [5, 5.41) is 3.46. The smallest absolute Gasteiger partial charge is 0.0493 e. The summed E-state index contributed by atoms with van der Waals surface area (Å²) >= 11 is 0. The second kappa shape index (κ2) is 6.39. The highest BCUT2D eigenvalue weighted by molar-refractivity contribution is 4.73. The summed E-state index contributed by atoms with van der Waals surface area (Å²) in [5.74, 6) is 1.67. The molecule has 0 spiro atoms. The van der Waals surface area contributed by atoms with Gasteiger partial charge in [-0.15, -0.1) is 0 Å². The fourth-order valence-electron chi connectivity index (χ4n) is 2.32. The minimum atomic E-state index is 0.782. The van der Waals surface area contributed by atoms with Gasteiger partial charge in [0, 0.05) is 13.7 Å². The molecular weight excluding hydrogens is 162 g/mol. The molecule has 0 aromatic carbocycles. The first kappa shape index (κ1) is 11.0. The fourth-order valence-corrected chi connectivity index (χ4v) is 2.32. The van der Waals surface area contributed by atoms with Crippen molar-refractivity contribution >= 4 is 0 Å². The monoisotopic (exact) mass is 185 g/mol. The van der Waals surface area contributed by atoms with Crippen LogP contribution in [0.3, 0.4) is 0 Å². The number of hydrogen-bond acceptors (Lipinski definition) is 2. The maximum Gasteiger partial charge on any atom is 0.0493 e. The molecule has 0 bridgehead atoms. The Morgan fingerprint density at radius 1 is 1.38 bits per heavy atom. The lowest BCUT2D eigenvalue weighted by atomic mass is 9.85. The molecule has 2 heteroatoms. The standard InChI is InChI=1S/C11H23NO/c1-3-10(9-13-2)11-5-4-7-12-8-6-11/h10-12H,3-9H2,1-2H3. The average molecular weight is 185 g/mol. The molecule has 1 fully saturated rings. The Morgan fingerprint density at radius 3 is 2.92 bits per heavy atom. The Balaban J connectivity index is 2.35. The fraction of sp³-hybridized carbons (Fsp3) is 1.00. The van der Waals surface area contributed by atoms with Gasteiger partial charge < -0.3 is 10.1 Å². The molecule has 0 radical (unpaired) electrons. The average Bonchev–Trinajstić information content (AvgIpc) is 2.42. The third-order valence-corrected chi connectivity index (χ3v) is 3.19. The molecule has 78 valence electrons. The van der Waals surface area contributed by atoms with Crippen molar-refractivity contribution in [3.05, 3.63) is 0 Å². The zero-order valence-corrected chi connectivity index (χ0v) is 9.01. The van der Waals surface area contributed by atoms with Crippen molar-refractivity contribution in [2.45, 2.75) is 32.6 Å². The van der Waals surface area contributed by atoms with Gasteiger partial charge in [0.05, 0.1) is 0 Å². The highest BCUT2D eigenvalue weighted by Gasteiger charge is 2.20. The van der Waals surface area contributed by atoms with Gasteiger partial charge in [-0.1, -0.05) is 13.3 Å². The van der Waals surface area contributed by atoms with Crippen molar-refractivity contribution in [3.8, 4) is 0 Å². The van der Waals surface area contributed by atoms with Crippen LogP contribution in [-0.2, 0) is 4.74 Å². The van der Waals surface area contributed by atoms with E-state index in [-0.39, 0.29) is 0 Å². The lowest BCUT2D eigenvalue weighted by Crippen LogP contribution is -2.20. The summed E-state index contributed by atoms with van der Waals surface area (Å²) in [6.45, 7) is 5.63. The van der Waals surface area contributed by atoms with Gasteiger partial charge >= 0.3 is 0 Å². The Bertz CT molecular complexity index is 119. The lowest BCUT2D eigenvalue weighted by molar-refractivity contribution is 0.112. The zero-order valence-electron chi connectivity index (χ0n) is 9.01. The number of rotatable bonds is 4. The normalized spacial score (nSPS) is 26.8. The van der Waals surface area contributed by atoms with Crippen LogP contribution in [0.4, 0.5) is 0 Å². The van der Waals surface area contributed by atoms with Gasteiger partial charge in [-0.25, -0.2) is 0 Å². The summed E-state index contributed by atoms with van der Waals surface area (Å²) < 4.78 is 5.27. The molecule has 0 amide bonds. The molecule has 2 atom stereocenters. The van der Waals surface area contributed by atoms with Gasteiger partial charge in [0.15, 0.2) is 0 Å². The molecule has 2 unspecified atom stereocenters. The molecule has 0 aromatic rings. The maximum absolute atomic E-state index is 5.27. The van der Waals surface area contributed by atoms with Gasteiger partial charge in [0.1, 0.15) is 0 Å². The highest BCUT2D eigenvalue weighted by atomic mass is 16.5. The van der Waals surface area contributed by atoms with Crippen molar-refractivity contribution in [1.82, 2.24) is 5.32 Å². The minimum Gasteiger partial charge on any atom is -0.384 e. The van der Waals surface area contributed by atoms with E-state index < -0.39 is 0 Å². The summed E-state index contributed by atoms with van der Waals surface area (Å²) in [6.07, 6.45) is 5.32. The van der Waals surface area contributed by atoms with Crippen molar-refractivity contribution in [3.63, 3.8) is 0 Å². The van der Waals surface area contributed by atoms with Crippen LogP contribution in [0.25, 0.3) is 0 Å². The largest absolute Gasteiger partial charge is 0.384 e. The number of ether oxygens (including phenoxy) is 1. The van der Waals surface area contributed by atoms with E-state index in [1.165, 1.54) is 38.8 Å². The van der Waals surface area contributed by atoms with E-state index in [0.29, 0.717) is 0 Å². The van der Waals surface area contributed by atoms with Crippen LogP contribution in [0.5, 0.6) is 0 Å². The molecule has 2 nitrogen and oxygen atoms in total. The van der Waals surface area contributed by atoms with Gasteiger partial charge in [-0.05, 0) is 44.2 Å². The molecule has 1 rings (SSSR count). The summed E-state index contributed by atoms with van der Waals surface area (Å²) in [5.41, 5.74) is 0. The second-order valence-corrected chi connectivity index (χ2v) is 4.06. The van der Waals surface area contributed by atoms with Crippen LogP contribution in [0, 0.1) is 11.8 Å². The van der Waals surface area contributed by atoms with Gasteiger partial charge in [0.2, 0.25) is 0 Å². The Labute approximate surface area is 82.0 Å². The predicted octanol–water partition coefficient (Wildman–Crippen LogP) is 2.05. The van der Waals surface area contributed by atoms with Crippen LogP contribution in [0.1, 0.15) is 32.6 Å². The van der Waals surface area contributed by atoms with Gasteiger partial charge in [0.25, 0.3) is 0 Å². The number of methoxy groups -OCH3 is 1. The molecular formula is C11H23NO. The zero-order chi connectivity index (χ0) is 9.52. The van der Waals surface area contributed by atoms with Crippen molar-refractivity contribution < 1.29 is 4.74 Å². The predicted molar refractivity (Wildman–Crippen MR) is 55.9 cm³/mol. The van der Waals surface area contributed by atoms with Crippen LogP contribution in [0.2, 0.25) is 0 Å². The van der Waals surface area contributed by atoms with E-state index in [1.807, 2.05) is 7.11 Å². The molecule has 1 N–H and O–H groups in total. The first-order valence-corrected chi connectivity index (χ1v) is 5.58.